The molecule has 1 aromatic heterocycles. The Morgan fingerprint density at radius 1 is 1.23 bits per heavy atom. The first kappa shape index (κ1) is 19.4. The topological polar surface area (TPSA) is 65.2 Å². The number of aryl methyl sites for hydroxylation is 1. The van der Waals surface area contributed by atoms with E-state index in [0.717, 1.165) is 44.2 Å². The summed E-state index contributed by atoms with van der Waals surface area (Å²) in [6.45, 7) is 1.53. The average Bonchev–Trinajstić information content (AvgIpc) is 3.50. The van der Waals surface area contributed by atoms with E-state index >= 15 is 0 Å². The molecule has 2 heterocycles. The summed E-state index contributed by atoms with van der Waals surface area (Å²) in [5.74, 6) is 1.06. The summed E-state index contributed by atoms with van der Waals surface area (Å²) < 4.78 is 0. The standard InChI is InChI=1S/C25H31N3O2/c29-23(11-10-19-15-26-21-6-2-1-5-20(19)21)27-17-25-13-4-3-7-22(25)28(16-18-8-9-18)24(30)12-14-25/h1-2,5-7,15,18,26H,3-4,8-14,16-17H2,(H,27,29). The summed E-state index contributed by atoms with van der Waals surface area (Å²) in [6.07, 6.45) is 12.7. The fraction of sp³-hybridized carbons (Fsp3) is 0.520. The molecule has 1 saturated heterocycles. The first-order chi connectivity index (χ1) is 14.6. The summed E-state index contributed by atoms with van der Waals surface area (Å²) >= 11 is 0. The summed E-state index contributed by atoms with van der Waals surface area (Å²) in [5, 5.41) is 4.43. The van der Waals surface area contributed by atoms with Crippen molar-refractivity contribution >= 4 is 22.7 Å². The molecule has 1 aromatic carbocycles. The maximum atomic E-state index is 12.7. The third-order valence-corrected chi connectivity index (χ3v) is 7.21. The minimum absolute atomic E-state index is 0.0580. The second kappa shape index (κ2) is 7.93. The number of H-pyrrole nitrogens is 1. The van der Waals surface area contributed by atoms with Crippen LogP contribution in [0, 0.1) is 11.3 Å². The summed E-state index contributed by atoms with van der Waals surface area (Å²) in [4.78, 5) is 30.7. The zero-order valence-corrected chi connectivity index (χ0v) is 17.6. The Hall–Kier alpha value is -2.56. The molecule has 1 unspecified atom stereocenters. The number of carbonyl (C=O) groups is 2. The van der Waals surface area contributed by atoms with Crippen molar-refractivity contribution in [2.24, 2.45) is 11.3 Å². The largest absolute Gasteiger partial charge is 0.361 e. The fourth-order valence-corrected chi connectivity index (χ4v) is 5.26. The van der Waals surface area contributed by atoms with E-state index in [2.05, 4.69) is 33.4 Å². The highest BCUT2D eigenvalue weighted by Crippen LogP contribution is 2.47. The number of aromatic nitrogens is 1. The van der Waals surface area contributed by atoms with Gasteiger partial charge in [-0.15, -0.1) is 0 Å². The third-order valence-electron chi connectivity index (χ3n) is 7.21. The normalized spacial score (nSPS) is 23.9. The SMILES string of the molecule is O=C(CCc1c[nH]c2ccccc12)NCC12CCCC=C1N(CC1CC1)C(=O)CC2. The van der Waals surface area contributed by atoms with Gasteiger partial charge in [-0.25, -0.2) is 0 Å². The van der Waals surface area contributed by atoms with E-state index in [0.29, 0.717) is 25.3 Å². The van der Waals surface area contributed by atoms with Gasteiger partial charge in [0.15, 0.2) is 0 Å². The molecular weight excluding hydrogens is 374 g/mol. The number of piperidine rings is 1. The molecule has 2 aliphatic carbocycles. The van der Waals surface area contributed by atoms with E-state index in [9.17, 15) is 9.59 Å². The van der Waals surface area contributed by atoms with Crippen molar-refractivity contribution in [2.45, 2.75) is 57.8 Å². The van der Waals surface area contributed by atoms with Gasteiger partial charge in [0.25, 0.3) is 0 Å². The number of likely N-dealkylation sites (tertiary alicyclic amines) is 1. The van der Waals surface area contributed by atoms with E-state index in [1.807, 2.05) is 18.3 Å². The van der Waals surface area contributed by atoms with Crippen LogP contribution in [0.1, 0.15) is 56.9 Å². The van der Waals surface area contributed by atoms with Crippen molar-refractivity contribution in [1.29, 1.82) is 0 Å². The third kappa shape index (κ3) is 3.78. The first-order valence-corrected chi connectivity index (χ1v) is 11.5. The highest BCUT2D eigenvalue weighted by molar-refractivity contribution is 5.84. The zero-order chi connectivity index (χ0) is 20.6. The number of para-hydroxylation sites is 1. The van der Waals surface area contributed by atoms with Crippen LogP contribution in [0.15, 0.2) is 42.2 Å². The Balaban J connectivity index is 1.23. The molecule has 158 valence electrons. The van der Waals surface area contributed by atoms with Gasteiger partial charge in [0.2, 0.25) is 11.8 Å². The lowest BCUT2D eigenvalue weighted by molar-refractivity contribution is -0.134. The molecule has 2 amide bonds. The van der Waals surface area contributed by atoms with Gasteiger partial charge in [0, 0.05) is 54.1 Å². The van der Waals surface area contributed by atoms with E-state index in [4.69, 9.17) is 0 Å². The van der Waals surface area contributed by atoms with Crippen molar-refractivity contribution < 1.29 is 9.59 Å². The number of benzene rings is 1. The number of nitrogens with zero attached hydrogens (tertiary/aromatic N) is 1. The molecule has 5 nitrogen and oxygen atoms in total. The van der Waals surface area contributed by atoms with Gasteiger partial charge in [-0.2, -0.15) is 0 Å². The number of allylic oxidation sites excluding steroid dienone is 1. The molecule has 2 fully saturated rings. The monoisotopic (exact) mass is 405 g/mol. The lowest BCUT2D eigenvalue weighted by atomic mass is 9.69. The lowest BCUT2D eigenvalue weighted by Crippen LogP contribution is -2.51. The van der Waals surface area contributed by atoms with Crippen LogP contribution in [0.3, 0.4) is 0 Å². The van der Waals surface area contributed by atoms with Crippen molar-refractivity contribution in [2.75, 3.05) is 13.1 Å². The van der Waals surface area contributed by atoms with Crippen molar-refractivity contribution in [3.8, 4) is 0 Å². The maximum absolute atomic E-state index is 12.7. The maximum Gasteiger partial charge on any atom is 0.226 e. The van der Waals surface area contributed by atoms with Crippen molar-refractivity contribution in [1.82, 2.24) is 15.2 Å². The van der Waals surface area contributed by atoms with Crippen LogP contribution in [-0.2, 0) is 16.0 Å². The summed E-state index contributed by atoms with van der Waals surface area (Å²) in [5.41, 5.74) is 3.45. The molecule has 0 spiro atoms. The van der Waals surface area contributed by atoms with Gasteiger partial charge in [0.05, 0.1) is 0 Å². The molecule has 0 bridgehead atoms. The molecule has 2 aromatic rings. The number of nitrogens with one attached hydrogen (secondary N) is 2. The van der Waals surface area contributed by atoms with Crippen molar-refractivity contribution in [3.63, 3.8) is 0 Å². The summed E-state index contributed by atoms with van der Waals surface area (Å²) in [7, 11) is 0. The predicted octanol–water partition coefficient (Wildman–Crippen LogP) is 4.30. The Kier molecular flexibility index (Phi) is 5.13. The van der Waals surface area contributed by atoms with Gasteiger partial charge >= 0.3 is 0 Å². The van der Waals surface area contributed by atoms with Crippen LogP contribution >= 0.6 is 0 Å². The number of rotatable bonds is 7. The quantitative estimate of drug-likeness (QED) is 0.721. The number of hydrogen-bond acceptors (Lipinski definition) is 2. The smallest absolute Gasteiger partial charge is 0.226 e. The van der Waals surface area contributed by atoms with Crippen LogP contribution in [0.2, 0.25) is 0 Å². The van der Waals surface area contributed by atoms with Gasteiger partial charge < -0.3 is 15.2 Å². The zero-order valence-electron chi connectivity index (χ0n) is 17.6. The molecule has 1 atom stereocenters. The highest BCUT2D eigenvalue weighted by Gasteiger charge is 2.45. The van der Waals surface area contributed by atoms with Crippen LogP contribution < -0.4 is 5.32 Å². The van der Waals surface area contributed by atoms with Gasteiger partial charge in [-0.05, 0) is 62.5 Å². The fourth-order valence-electron chi connectivity index (χ4n) is 5.26. The molecule has 5 heteroatoms. The van der Waals surface area contributed by atoms with Crippen LogP contribution in [0.4, 0.5) is 0 Å². The molecule has 30 heavy (non-hydrogen) atoms. The average molecular weight is 406 g/mol. The predicted molar refractivity (Wildman–Crippen MR) is 118 cm³/mol. The second-order valence-electron chi connectivity index (χ2n) is 9.35. The Bertz CT molecular complexity index is 987. The molecule has 5 rings (SSSR count). The Morgan fingerprint density at radius 2 is 2.10 bits per heavy atom. The number of aromatic amines is 1. The lowest BCUT2D eigenvalue weighted by Gasteiger charge is -2.47. The molecule has 1 aliphatic heterocycles. The van der Waals surface area contributed by atoms with Crippen LogP contribution in [-0.4, -0.2) is 34.8 Å². The molecule has 0 radical (unpaired) electrons. The van der Waals surface area contributed by atoms with E-state index in [-0.39, 0.29) is 17.2 Å². The minimum Gasteiger partial charge on any atom is -0.361 e. The van der Waals surface area contributed by atoms with Crippen LogP contribution in [0.25, 0.3) is 10.9 Å². The number of carbonyl (C=O) groups excluding carboxylic acids is 2. The summed E-state index contributed by atoms with van der Waals surface area (Å²) in [6, 6.07) is 8.22. The van der Waals surface area contributed by atoms with E-state index < -0.39 is 0 Å². The number of amides is 2. The minimum atomic E-state index is -0.0580. The van der Waals surface area contributed by atoms with Gasteiger partial charge in [-0.1, -0.05) is 24.3 Å². The number of fused-ring (bicyclic) bond motifs is 2. The van der Waals surface area contributed by atoms with Gasteiger partial charge in [0.1, 0.15) is 0 Å². The van der Waals surface area contributed by atoms with Gasteiger partial charge in [-0.3, -0.25) is 9.59 Å². The van der Waals surface area contributed by atoms with E-state index in [1.165, 1.54) is 29.5 Å². The molecular formula is C25H31N3O2. The Morgan fingerprint density at radius 3 is 2.97 bits per heavy atom. The molecule has 2 N–H and O–H groups in total. The highest BCUT2D eigenvalue weighted by atomic mass is 16.2. The second-order valence-corrected chi connectivity index (χ2v) is 9.35. The van der Waals surface area contributed by atoms with Crippen LogP contribution in [0.5, 0.6) is 0 Å². The van der Waals surface area contributed by atoms with Crippen molar-refractivity contribution in [3.05, 3.63) is 47.8 Å². The molecule has 1 saturated carbocycles. The first-order valence-electron chi connectivity index (χ1n) is 11.5. The Labute approximate surface area is 177 Å². The van der Waals surface area contributed by atoms with E-state index in [1.54, 1.807) is 0 Å². The molecule has 3 aliphatic rings. The number of hydrogen-bond donors (Lipinski definition) is 2.